The number of aliphatic carboxylic acids is 1. The van der Waals surface area contributed by atoms with Crippen LogP contribution >= 0.6 is 0 Å². The molecular weight excluding hydrogens is 346 g/mol. The third kappa shape index (κ3) is 2.57. The average Bonchev–Trinajstić information content (AvgIpc) is 3.36. The van der Waals surface area contributed by atoms with Crippen molar-refractivity contribution in [2.75, 3.05) is 26.3 Å². The predicted octanol–water partition coefficient (Wildman–Crippen LogP) is 2.41. The average molecular weight is 369 g/mol. The Morgan fingerprint density at radius 1 is 1.26 bits per heavy atom. The van der Waals surface area contributed by atoms with E-state index in [0.717, 1.165) is 29.4 Å². The molecule has 2 saturated heterocycles. The van der Waals surface area contributed by atoms with Gasteiger partial charge in [-0.1, -0.05) is 0 Å². The molecule has 3 aliphatic rings. The van der Waals surface area contributed by atoms with Gasteiger partial charge in [0.05, 0.1) is 24.7 Å². The number of amides is 1. The molecule has 27 heavy (non-hydrogen) atoms. The third-order valence-electron chi connectivity index (χ3n) is 6.70. The number of rotatable bonds is 3. The van der Waals surface area contributed by atoms with Crippen LogP contribution in [0.25, 0.3) is 11.0 Å². The molecule has 3 heterocycles. The van der Waals surface area contributed by atoms with Crippen LogP contribution in [0.3, 0.4) is 0 Å². The number of benzene rings is 1. The van der Waals surface area contributed by atoms with E-state index < -0.39 is 11.4 Å². The highest BCUT2D eigenvalue weighted by atomic mass is 16.5. The van der Waals surface area contributed by atoms with Crippen molar-refractivity contribution < 1.29 is 23.8 Å². The van der Waals surface area contributed by atoms with E-state index in [9.17, 15) is 14.7 Å². The number of nitrogens with zero attached hydrogens (tertiary/aromatic N) is 1. The molecule has 142 valence electrons. The highest BCUT2D eigenvalue weighted by molar-refractivity contribution is 5.89. The Balaban J connectivity index is 1.38. The van der Waals surface area contributed by atoms with Gasteiger partial charge in [-0.05, 0) is 48.9 Å². The zero-order chi connectivity index (χ0) is 18.6. The monoisotopic (exact) mass is 369 g/mol. The van der Waals surface area contributed by atoms with Crippen LogP contribution in [0.2, 0.25) is 0 Å². The predicted molar refractivity (Wildman–Crippen MR) is 97.5 cm³/mol. The van der Waals surface area contributed by atoms with Crippen LogP contribution in [-0.2, 0) is 33.6 Å². The van der Waals surface area contributed by atoms with Crippen LogP contribution in [0.4, 0.5) is 0 Å². The third-order valence-corrected chi connectivity index (χ3v) is 6.70. The van der Waals surface area contributed by atoms with Gasteiger partial charge in [-0.2, -0.15) is 0 Å². The normalized spacial score (nSPS) is 27.0. The first-order valence-corrected chi connectivity index (χ1v) is 9.67. The lowest BCUT2D eigenvalue weighted by Crippen LogP contribution is -2.45. The number of likely N-dealkylation sites (tertiary alicyclic amines) is 1. The molecule has 1 aromatic heterocycles. The van der Waals surface area contributed by atoms with Crippen LogP contribution in [0, 0.1) is 11.3 Å². The van der Waals surface area contributed by atoms with Gasteiger partial charge < -0.3 is 19.2 Å². The second kappa shape index (κ2) is 6.09. The van der Waals surface area contributed by atoms with Crippen molar-refractivity contribution in [1.82, 2.24) is 4.90 Å². The number of ether oxygens (including phenoxy) is 1. The Kier molecular flexibility index (Phi) is 3.79. The van der Waals surface area contributed by atoms with E-state index >= 15 is 0 Å². The fourth-order valence-corrected chi connectivity index (χ4v) is 5.05. The minimum Gasteiger partial charge on any atom is -0.481 e. The van der Waals surface area contributed by atoms with Crippen LogP contribution in [0.5, 0.6) is 0 Å². The number of carbonyl (C=O) groups excluding carboxylic acids is 1. The van der Waals surface area contributed by atoms with Gasteiger partial charge in [0.25, 0.3) is 0 Å². The topological polar surface area (TPSA) is 80.0 Å². The van der Waals surface area contributed by atoms with Crippen LogP contribution in [0.15, 0.2) is 22.8 Å². The quantitative estimate of drug-likeness (QED) is 0.899. The number of carboxylic acids is 1. The number of hydrogen-bond donors (Lipinski definition) is 1. The van der Waals surface area contributed by atoms with Gasteiger partial charge in [0.1, 0.15) is 5.58 Å². The summed E-state index contributed by atoms with van der Waals surface area (Å²) in [6, 6.07) is 4.27. The molecule has 0 bridgehead atoms. The molecule has 1 N–H and O–H groups in total. The summed E-state index contributed by atoms with van der Waals surface area (Å²) < 4.78 is 11.2. The Bertz CT molecular complexity index is 932. The minimum absolute atomic E-state index is 0.0341. The molecule has 1 amide bonds. The molecule has 0 radical (unpaired) electrons. The number of aryl methyl sites for hydroxylation is 2. The molecule has 0 saturated carbocycles. The Morgan fingerprint density at radius 2 is 2.07 bits per heavy atom. The molecule has 2 atom stereocenters. The summed E-state index contributed by atoms with van der Waals surface area (Å²) in [6.45, 7) is 1.59. The summed E-state index contributed by atoms with van der Waals surface area (Å²) in [5.41, 5.74) is 3.57. The maximum absolute atomic E-state index is 12.9. The lowest BCUT2D eigenvalue weighted by molar-refractivity contribution is -0.157. The van der Waals surface area contributed by atoms with Gasteiger partial charge >= 0.3 is 5.97 Å². The van der Waals surface area contributed by atoms with E-state index in [4.69, 9.17) is 9.15 Å². The number of fused-ring (bicyclic) bond motifs is 3. The lowest BCUT2D eigenvalue weighted by atomic mass is 9.74. The maximum atomic E-state index is 12.9. The molecule has 0 unspecified atom stereocenters. The first-order chi connectivity index (χ1) is 13.1. The second-order valence-corrected chi connectivity index (χ2v) is 8.17. The van der Waals surface area contributed by atoms with Crippen LogP contribution < -0.4 is 0 Å². The van der Waals surface area contributed by atoms with E-state index in [0.29, 0.717) is 26.2 Å². The molecule has 2 aromatic rings. The van der Waals surface area contributed by atoms with Crippen LogP contribution in [-0.4, -0.2) is 48.2 Å². The van der Waals surface area contributed by atoms with Crippen LogP contribution in [0.1, 0.15) is 29.5 Å². The SMILES string of the molecule is O=C(Cc1coc2cc3c(cc12)CCC3)N1C[C@H]2COCC[C@@]2(C(=O)O)C1. The summed E-state index contributed by atoms with van der Waals surface area (Å²) in [6.07, 6.45) is 5.74. The van der Waals surface area contributed by atoms with Gasteiger partial charge in [-0.3, -0.25) is 9.59 Å². The van der Waals surface area contributed by atoms with Crippen molar-refractivity contribution in [3.05, 3.63) is 35.1 Å². The van der Waals surface area contributed by atoms with E-state index in [1.54, 1.807) is 11.2 Å². The first-order valence-electron chi connectivity index (χ1n) is 9.67. The Labute approximate surface area is 157 Å². The van der Waals surface area contributed by atoms with Gasteiger partial charge in [-0.25, -0.2) is 0 Å². The zero-order valence-corrected chi connectivity index (χ0v) is 15.2. The first kappa shape index (κ1) is 16.8. The van der Waals surface area contributed by atoms with Crippen molar-refractivity contribution in [3.8, 4) is 0 Å². The second-order valence-electron chi connectivity index (χ2n) is 8.17. The molecule has 2 fully saturated rings. The molecule has 0 spiro atoms. The van der Waals surface area contributed by atoms with Crippen molar-refractivity contribution in [3.63, 3.8) is 0 Å². The Morgan fingerprint density at radius 3 is 2.85 bits per heavy atom. The molecular formula is C21H23NO5. The molecule has 5 rings (SSSR count). The Hall–Kier alpha value is -2.34. The van der Waals surface area contributed by atoms with E-state index in [1.807, 2.05) is 0 Å². The van der Waals surface area contributed by atoms with E-state index in [-0.39, 0.29) is 24.8 Å². The summed E-state index contributed by atoms with van der Waals surface area (Å²) in [7, 11) is 0. The highest BCUT2D eigenvalue weighted by Gasteiger charge is 2.54. The smallest absolute Gasteiger partial charge is 0.311 e. The number of carboxylic acid groups (broad SMARTS) is 1. The lowest BCUT2D eigenvalue weighted by Gasteiger charge is -2.33. The molecule has 6 nitrogen and oxygen atoms in total. The van der Waals surface area contributed by atoms with Crippen molar-refractivity contribution >= 4 is 22.8 Å². The standard InChI is InChI=1S/C21H23NO5/c23-19(22-9-16-11-26-5-4-21(16,12-22)20(24)25)8-15-10-27-18-7-14-3-1-2-13(14)6-17(15)18/h6-7,10,16H,1-5,8-9,11-12H2,(H,24,25)/t16-,21+/m0/s1. The van der Waals surface area contributed by atoms with Crippen molar-refractivity contribution in [2.45, 2.75) is 32.1 Å². The minimum atomic E-state index is -0.854. The molecule has 1 aliphatic carbocycles. The summed E-state index contributed by atoms with van der Waals surface area (Å²) in [5.74, 6) is -0.972. The van der Waals surface area contributed by atoms with Gasteiger partial charge in [-0.15, -0.1) is 0 Å². The summed E-state index contributed by atoms with van der Waals surface area (Å²) in [4.78, 5) is 26.6. The van der Waals surface area contributed by atoms with E-state index in [1.165, 1.54) is 17.5 Å². The summed E-state index contributed by atoms with van der Waals surface area (Å²) in [5, 5.41) is 10.8. The highest BCUT2D eigenvalue weighted by Crippen LogP contribution is 2.42. The van der Waals surface area contributed by atoms with Gasteiger partial charge in [0.2, 0.25) is 5.91 Å². The maximum Gasteiger partial charge on any atom is 0.311 e. The summed E-state index contributed by atoms with van der Waals surface area (Å²) >= 11 is 0. The fraction of sp³-hybridized carbons (Fsp3) is 0.524. The molecule has 6 heteroatoms. The zero-order valence-electron chi connectivity index (χ0n) is 15.2. The number of carbonyl (C=O) groups is 2. The van der Waals surface area contributed by atoms with Crippen molar-refractivity contribution in [2.24, 2.45) is 11.3 Å². The molecule has 2 aliphatic heterocycles. The van der Waals surface area contributed by atoms with Gasteiger partial charge in [0, 0.05) is 36.6 Å². The van der Waals surface area contributed by atoms with E-state index in [2.05, 4.69) is 12.1 Å². The van der Waals surface area contributed by atoms with Gasteiger partial charge in [0.15, 0.2) is 0 Å². The largest absolute Gasteiger partial charge is 0.481 e. The number of furan rings is 1. The molecule has 1 aromatic carbocycles. The van der Waals surface area contributed by atoms with Crippen molar-refractivity contribution in [1.29, 1.82) is 0 Å². The fourth-order valence-electron chi connectivity index (χ4n) is 5.05. The number of hydrogen-bond acceptors (Lipinski definition) is 4.